The SMILES string of the molecule is CCC(C)C(NC(=O)c1ccc(-c2nc(N3CCN(C)CC3)sc2F)cc1)C(=O)N1CC(/C(F)=C/F)C2OCC(=O)C21. The van der Waals surface area contributed by atoms with Gasteiger partial charge < -0.3 is 24.8 Å². The van der Waals surface area contributed by atoms with Gasteiger partial charge in [0.15, 0.2) is 10.9 Å². The highest BCUT2D eigenvalue weighted by Gasteiger charge is 2.54. The van der Waals surface area contributed by atoms with Gasteiger partial charge in [0.05, 0.1) is 12.0 Å². The summed E-state index contributed by atoms with van der Waals surface area (Å²) in [5.41, 5.74) is 0.982. The molecule has 4 heterocycles. The average molecular weight is 606 g/mol. The molecule has 3 saturated heterocycles. The summed E-state index contributed by atoms with van der Waals surface area (Å²) in [6, 6.07) is 4.23. The summed E-state index contributed by atoms with van der Waals surface area (Å²) in [5.74, 6) is -4.00. The van der Waals surface area contributed by atoms with Crippen LogP contribution >= 0.6 is 11.3 Å². The van der Waals surface area contributed by atoms with E-state index in [0.717, 1.165) is 37.5 Å². The summed E-state index contributed by atoms with van der Waals surface area (Å²) in [4.78, 5) is 49.5. The van der Waals surface area contributed by atoms with Gasteiger partial charge >= 0.3 is 0 Å². The Hall–Kier alpha value is -3.29. The van der Waals surface area contributed by atoms with E-state index in [9.17, 15) is 27.6 Å². The van der Waals surface area contributed by atoms with Gasteiger partial charge in [-0.15, -0.1) is 0 Å². The van der Waals surface area contributed by atoms with Gasteiger partial charge in [0.1, 0.15) is 36.5 Å². The fraction of sp³-hybridized carbons (Fsp3) is 0.517. The van der Waals surface area contributed by atoms with E-state index in [2.05, 4.69) is 20.1 Å². The highest BCUT2D eigenvalue weighted by molar-refractivity contribution is 7.14. The molecule has 13 heteroatoms. The van der Waals surface area contributed by atoms with Crippen molar-refractivity contribution in [3.63, 3.8) is 0 Å². The first-order valence-electron chi connectivity index (χ1n) is 14.0. The van der Waals surface area contributed by atoms with Gasteiger partial charge in [0.25, 0.3) is 5.91 Å². The van der Waals surface area contributed by atoms with E-state index in [4.69, 9.17) is 4.74 Å². The van der Waals surface area contributed by atoms with E-state index >= 15 is 0 Å². The Morgan fingerprint density at radius 3 is 2.55 bits per heavy atom. The number of fused-ring (bicyclic) bond motifs is 1. The molecule has 5 unspecified atom stereocenters. The number of Topliss-reactive ketones (excluding diaryl/α,β-unsaturated/α-hetero) is 1. The number of piperazine rings is 1. The van der Waals surface area contributed by atoms with Crippen LogP contribution < -0.4 is 10.2 Å². The zero-order valence-corrected chi connectivity index (χ0v) is 24.5. The van der Waals surface area contributed by atoms with Crippen LogP contribution in [0.1, 0.15) is 30.6 Å². The van der Waals surface area contributed by atoms with Crippen molar-refractivity contribution in [2.45, 2.75) is 38.5 Å². The van der Waals surface area contributed by atoms with Gasteiger partial charge in [-0.25, -0.2) is 13.8 Å². The van der Waals surface area contributed by atoms with Gasteiger partial charge in [-0.1, -0.05) is 43.7 Å². The van der Waals surface area contributed by atoms with Crippen LogP contribution in [-0.2, 0) is 14.3 Å². The van der Waals surface area contributed by atoms with Gasteiger partial charge in [-0.2, -0.15) is 4.39 Å². The third kappa shape index (κ3) is 5.82. The molecule has 1 N–H and O–H groups in total. The average Bonchev–Trinajstić information content (AvgIpc) is 3.70. The zero-order chi connectivity index (χ0) is 30.1. The van der Waals surface area contributed by atoms with Crippen LogP contribution in [0.25, 0.3) is 11.3 Å². The molecule has 0 saturated carbocycles. The number of carbonyl (C=O) groups is 3. The molecule has 226 valence electrons. The van der Waals surface area contributed by atoms with Crippen molar-refractivity contribution in [1.82, 2.24) is 20.1 Å². The molecule has 42 heavy (non-hydrogen) atoms. The lowest BCUT2D eigenvalue weighted by Gasteiger charge is -2.31. The molecule has 0 spiro atoms. The van der Waals surface area contributed by atoms with Crippen molar-refractivity contribution >= 4 is 34.1 Å². The molecule has 1 aromatic carbocycles. The van der Waals surface area contributed by atoms with E-state index in [1.165, 1.54) is 17.0 Å². The minimum Gasteiger partial charge on any atom is -0.367 e. The summed E-state index contributed by atoms with van der Waals surface area (Å²) >= 11 is 0.994. The molecule has 5 atom stereocenters. The number of aromatic nitrogens is 1. The number of anilines is 1. The first-order valence-corrected chi connectivity index (χ1v) is 14.9. The van der Waals surface area contributed by atoms with Crippen LogP contribution in [-0.4, -0.2) is 96.9 Å². The molecule has 3 fully saturated rings. The lowest BCUT2D eigenvalue weighted by atomic mass is 9.96. The molecule has 0 aliphatic carbocycles. The summed E-state index contributed by atoms with van der Waals surface area (Å²) in [6.07, 6.45) is -0.621. The number of halogens is 3. The number of nitrogens with zero attached hydrogens (tertiary/aromatic N) is 4. The summed E-state index contributed by atoms with van der Waals surface area (Å²) in [5, 5.41) is 2.98. The second kappa shape index (κ2) is 12.5. The highest BCUT2D eigenvalue weighted by Crippen LogP contribution is 2.37. The quantitative estimate of drug-likeness (QED) is 0.493. The standard InChI is InChI=1S/C29H34F3N5O4S/c1-4-16(2)22(28(40)37-14-19(20(31)13-30)25-24(37)21(38)15-41-25)33-27(39)18-7-5-17(6-8-18)23-26(32)42-29(34-23)36-11-9-35(3)10-12-36/h5-8,13,16,19,22,24-25H,4,9-12,14-15H2,1-3H3,(H,33,39)/b20-13-. The van der Waals surface area contributed by atoms with Crippen LogP contribution in [0.4, 0.5) is 18.3 Å². The third-order valence-electron chi connectivity index (χ3n) is 8.46. The first-order chi connectivity index (χ1) is 20.1. The second-order valence-electron chi connectivity index (χ2n) is 11.1. The fourth-order valence-electron chi connectivity index (χ4n) is 5.67. The van der Waals surface area contributed by atoms with Gasteiger partial charge in [0, 0.05) is 43.9 Å². The Morgan fingerprint density at radius 2 is 1.90 bits per heavy atom. The molecule has 9 nitrogen and oxygen atoms in total. The molecule has 0 bridgehead atoms. The number of rotatable bonds is 8. The number of likely N-dealkylation sites (tertiary alicyclic amines) is 1. The normalized spacial score (nSPS) is 24.6. The topological polar surface area (TPSA) is 95.1 Å². The molecule has 0 radical (unpaired) electrons. The summed E-state index contributed by atoms with van der Waals surface area (Å²) in [6.45, 7) is 6.38. The van der Waals surface area contributed by atoms with Crippen molar-refractivity contribution in [1.29, 1.82) is 0 Å². The monoisotopic (exact) mass is 605 g/mol. The molecule has 3 aliphatic rings. The largest absolute Gasteiger partial charge is 0.367 e. The highest BCUT2D eigenvalue weighted by atomic mass is 32.1. The van der Waals surface area contributed by atoms with Crippen molar-refractivity contribution in [2.75, 3.05) is 51.3 Å². The van der Waals surface area contributed by atoms with Crippen LogP contribution in [0, 0.1) is 17.0 Å². The molecule has 2 amide bonds. The predicted molar refractivity (Wildman–Crippen MR) is 152 cm³/mol. The smallest absolute Gasteiger partial charge is 0.251 e. The van der Waals surface area contributed by atoms with Crippen molar-refractivity contribution in [3.05, 3.63) is 47.1 Å². The van der Waals surface area contributed by atoms with Crippen LogP contribution in [0.3, 0.4) is 0 Å². The maximum atomic E-state index is 14.9. The van der Waals surface area contributed by atoms with E-state index in [-0.39, 0.29) is 36.7 Å². The molecular formula is C29H34F3N5O4S. The summed E-state index contributed by atoms with van der Waals surface area (Å²) < 4.78 is 47.5. The number of amides is 2. The van der Waals surface area contributed by atoms with Gasteiger partial charge in [0.2, 0.25) is 11.0 Å². The molecule has 5 rings (SSSR count). The number of hydrogen-bond acceptors (Lipinski definition) is 8. The second-order valence-corrected chi connectivity index (χ2v) is 12.0. The van der Waals surface area contributed by atoms with Crippen molar-refractivity contribution in [2.24, 2.45) is 11.8 Å². The van der Waals surface area contributed by atoms with Crippen molar-refractivity contribution < 1.29 is 32.3 Å². The molecule has 3 aliphatic heterocycles. The number of thiazole rings is 1. The Balaban J connectivity index is 1.31. The van der Waals surface area contributed by atoms with E-state index < -0.39 is 52.7 Å². The molecular weight excluding hydrogens is 571 g/mol. The first kappa shape index (κ1) is 30.2. The summed E-state index contributed by atoms with van der Waals surface area (Å²) in [7, 11) is 2.04. The lowest BCUT2D eigenvalue weighted by Crippen LogP contribution is -2.54. The maximum Gasteiger partial charge on any atom is 0.251 e. The van der Waals surface area contributed by atoms with Crippen LogP contribution in [0.15, 0.2) is 36.4 Å². The van der Waals surface area contributed by atoms with Gasteiger partial charge in [-0.3, -0.25) is 14.4 Å². The third-order valence-corrected chi connectivity index (χ3v) is 9.37. The molecule has 2 aromatic rings. The number of benzene rings is 1. The predicted octanol–water partition coefficient (Wildman–Crippen LogP) is 3.42. The number of likely N-dealkylation sites (N-methyl/N-ethyl adjacent to an activating group) is 1. The fourth-order valence-corrected chi connectivity index (χ4v) is 6.54. The van der Waals surface area contributed by atoms with E-state index in [1.54, 1.807) is 19.1 Å². The molecule has 1 aromatic heterocycles. The Kier molecular flexibility index (Phi) is 9.00. The van der Waals surface area contributed by atoms with Crippen LogP contribution in [0.2, 0.25) is 0 Å². The van der Waals surface area contributed by atoms with E-state index in [1.807, 2.05) is 14.0 Å². The number of nitrogens with one attached hydrogen (secondary N) is 1. The minimum absolute atomic E-state index is 0.176. The van der Waals surface area contributed by atoms with Gasteiger partial charge in [-0.05, 0) is 25.1 Å². The number of carbonyl (C=O) groups excluding carboxylic acids is 3. The maximum absolute atomic E-state index is 14.9. The zero-order valence-electron chi connectivity index (χ0n) is 23.7. The van der Waals surface area contributed by atoms with Crippen LogP contribution in [0.5, 0.6) is 0 Å². The number of ether oxygens (including phenoxy) is 1. The number of ketones is 1. The van der Waals surface area contributed by atoms with Crippen molar-refractivity contribution in [3.8, 4) is 11.3 Å². The van der Waals surface area contributed by atoms with E-state index in [0.29, 0.717) is 17.1 Å². The Labute approximate surface area is 246 Å². The lowest BCUT2D eigenvalue weighted by molar-refractivity contribution is -0.139. The minimum atomic E-state index is -1.10. The Morgan fingerprint density at radius 1 is 1.21 bits per heavy atom. The Bertz CT molecular complexity index is 1360. The number of hydrogen-bond donors (Lipinski definition) is 1.